The van der Waals surface area contributed by atoms with Crippen molar-refractivity contribution in [1.29, 1.82) is 0 Å². The molecule has 0 aliphatic heterocycles. The van der Waals surface area contributed by atoms with E-state index < -0.39 is 0 Å². The number of hydrogen-bond acceptors (Lipinski definition) is 0. The molecular formula is C103H154. The summed E-state index contributed by atoms with van der Waals surface area (Å²) in [6.07, 6.45) is 52.4. The van der Waals surface area contributed by atoms with Crippen LogP contribution >= 0.6 is 0 Å². The summed E-state index contributed by atoms with van der Waals surface area (Å²) in [5.74, 6) is 23.6. The number of benzene rings is 5. The number of hydrogen-bond donors (Lipinski definition) is 0. The Balaban J connectivity index is 0.000000112. The highest BCUT2D eigenvalue weighted by Gasteiger charge is 2.60. The summed E-state index contributed by atoms with van der Waals surface area (Å²) in [6, 6.07) is 17.3. The van der Waals surface area contributed by atoms with Crippen molar-refractivity contribution < 1.29 is 0 Å². The molecule has 0 amide bonds. The van der Waals surface area contributed by atoms with Crippen LogP contribution in [0.15, 0.2) is 42.5 Å². The number of rotatable bonds is 6. The maximum absolute atomic E-state index is 2.71. The molecule has 18 rings (SSSR count). The Morgan fingerprint density at radius 1 is 0.311 bits per heavy atom. The summed E-state index contributed by atoms with van der Waals surface area (Å²) >= 11 is 0. The van der Waals surface area contributed by atoms with E-state index in [0.717, 1.165) is 155 Å². The zero-order valence-electron chi connectivity index (χ0n) is 69.9. The third kappa shape index (κ3) is 14.7. The van der Waals surface area contributed by atoms with Crippen molar-refractivity contribution in [1.82, 2.24) is 0 Å². The third-order valence-corrected chi connectivity index (χ3v) is 34.9. The van der Waals surface area contributed by atoms with Crippen LogP contribution in [0.2, 0.25) is 0 Å². The summed E-state index contributed by atoms with van der Waals surface area (Å²) in [5, 5.41) is 6.08. The van der Waals surface area contributed by atoms with Crippen molar-refractivity contribution >= 4 is 21.5 Å². The van der Waals surface area contributed by atoms with Crippen LogP contribution in [0, 0.1) is 153 Å². The Morgan fingerprint density at radius 2 is 0.680 bits per heavy atom. The molecule has 23 atom stereocenters. The van der Waals surface area contributed by atoms with Crippen molar-refractivity contribution in [2.75, 3.05) is 0 Å². The Labute approximate surface area is 634 Å². The van der Waals surface area contributed by atoms with E-state index in [1.165, 1.54) is 218 Å². The van der Waals surface area contributed by atoms with E-state index in [-0.39, 0.29) is 0 Å². The second-order valence-electron chi connectivity index (χ2n) is 39.8. The fourth-order valence-corrected chi connectivity index (χ4v) is 30.3. The third-order valence-electron chi connectivity index (χ3n) is 34.9. The van der Waals surface area contributed by atoms with Crippen molar-refractivity contribution in [3.63, 3.8) is 0 Å². The zero-order valence-corrected chi connectivity index (χ0v) is 69.9. The molecule has 11 unspecified atom stereocenters. The van der Waals surface area contributed by atoms with Crippen LogP contribution < -0.4 is 0 Å². The summed E-state index contributed by atoms with van der Waals surface area (Å²) < 4.78 is 0. The van der Waals surface area contributed by atoms with Gasteiger partial charge < -0.3 is 0 Å². The highest BCUT2D eigenvalue weighted by atomic mass is 14.6. The van der Waals surface area contributed by atoms with Gasteiger partial charge >= 0.3 is 0 Å². The lowest BCUT2D eigenvalue weighted by atomic mass is 9.55. The zero-order chi connectivity index (χ0) is 72.2. The molecule has 566 valence electrons. The maximum atomic E-state index is 2.71. The van der Waals surface area contributed by atoms with Gasteiger partial charge in [-0.15, -0.1) is 0 Å². The van der Waals surface area contributed by atoms with Crippen LogP contribution in [0.25, 0.3) is 21.5 Å². The molecule has 0 heteroatoms. The Hall–Kier alpha value is -3.38. The lowest BCUT2D eigenvalue weighted by Crippen LogP contribution is -2.42. The minimum absolute atomic E-state index is 0.735. The lowest BCUT2D eigenvalue weighted by Gasteiger charge is -2.50. The summed E-state index contributed by atoms with van der Waals surface area (Å²) in [6.45, 7) is 41.5. The summed E-state index contributed by atoms with van der Waals surface area (Å²) in [4.78, 5) is 0. The van der Waals surface area contributed by atoms with E-state index in [2.05, 4.69) is 160 Å². The molecule has 0 heterocycles. The molecule has 0 spiro atoms. The van der Waals surface area contributed by atoms with Crippen LogP contribution in [0.4, 0.5) is 0 Å². The first kappa shape index (κ1) is 76.4. The van der Waals surface area contributed by atoms with Crippen LogP contribution in [0.3, 0.4) is 0 Å². The highest BCUT2D eigenvalue weighted by Crippen LogP contribution is 2.67. The average Bonchev–Trinajstić information content (AvgIpc) is 1.70. The molecule has 9 fully saturated rings. The van der Waals surface area contributed by atoms with E-state index in [1.54, 1.807) is 105 Å². The highest BCUT2D eigenvalue weighted by molar-refractivity contribution is 5.93. The van der Waals surface area contributed by atoms with Crippen molar-refractivity contribution in [2.45, 2.75) is 373 Å². The molecule has 5 aromatic carbocycles. The van der Waals surface area contributed by atoms with Gasteiger partial charge in [0.15, 0.2) is 0 Å². The van der Waals surface area contributed by atoms with Crippen molar-refractivity contribution in [3.8, 4) is 0 Å². The molecule has 0 bridgehead atoms. The standard InChI is InChI=1S/C25H36.C24H40.2C23H30.C8H18/c1-15-22-10-6-4-8-18(22)12-20-14-21-13-19-9-5-7-11-23(19)16(2)25(21)17(3)24(15)20;1-14-19-10-6-4-8-17(19)12-21-22-13-18-9-5-7-11-20(18)15(2)24(22)16(3)23(14)21;1-5-17-10-11-19-13-20-12-18-8-6-7-9-21(18)15(3)23(20)16(4)22(19)14(17)2;1-5-17-12-19-10-11-20-13-18-8-6-7-9-21(18)16(4)23(20)22(19)15(3)14(17)2;1-4-6-8(3)7-5-2/h14-16,18-19,22-23H,4-13H2,1-3H3;14-24H,4-13H2,1-3H3;10-11,13,15,18,21H,5-9,12H2,1-4H3;10-12,16,18,21H,5-9,13H2,1-4H3;8H,4-7H2,1-3H3/t15-,16?,18-,19+,22+,23-;14?,15?,16?,17-,18?,19+,20-,21?,22?,23?,24?;15?,18-,21+;16?,18-,21+;/m0111./s1. The van der Waals surface area contributed by atoms with Crippen molar-refractivity contribution in [3.05, 3.63) is 126 Å². The molecular weight excluding hydrogens is 1240 g/mol. The van der Waals surface area contributed by atoms with E-state index >= 15 is 0 Å². The summed E-state index contributed by atoms with van der Waals surface area (Å²) in [5.41, 5.74) is 24.7. The minimum atomic E-state index is 0.735. The van der Waals surface area contributed by atoms with Crippen LogP contribution in [-0.2, 0) is 38.5 Å². The van der Waals surface area contributed by atoms with E-state index in [1.807, 2.05) is 0 Å². The van der Waals surface area contributed by atoms with Crippen LogP contribution in [0.5, 0.6) is 0 Å². The smallest absolute Gasteiger partial charge is 0.0114 e. The lowest BCUT2D eigenvalue weighted by molar-refractivity contribution is -0.00725. The predicted octanol–water partition coefficient (Wildman–Crippen LogP) is 29.9. The van der Waals surface area contributed by atoms with Gasteiger partial charge in [-0.25, -0.2) is 0 Å². The van der Waals surface area contributed by atoms with Gasteiger partial charge in [-0.2, -0.15) is 0 Å². The fraction of sp³-hybridized carbons (Fsp3) is 0.748. The van der Waals surface area contributed by atoms with E-state index in [4.69, 9.17) is 0 Å². The van der Waals surface area contributed by atoms with Gasteiger partial charge in [0.25, 0.3) is 0 Å². The molecule has 0 radical (unpaired) electrons. The van der Waals surface area contributed by atoms with Gasteiger partial charge in [0.1, 0.15) is 0 Å². The second kappa shape index (κ2) is 33.1. The maximum Gasteiger partial charge on any atom is -0.0114 e. The summed E-state index contributed by atoms with van der Waals surface area (Å²) in [7, 11) is 0. The van der Waals surface area contributed by atoms with Crippen molar-refractivity contribution in [2.24, 2.45) is 118 Å². The molecule has 13 aliphatic carbocycles. The first-order valence-corrected chi connectivity index (χ1v) is 46.1. The predicted molar refractivity (Wildman–Crippen MR) is 448 cm³/mol. The van der Waals surface area contributed by atoms with E-state index in [9.17, 15) is 0 Å². The Bertz CT molecular complexity index is 3590. The Kier molecular flexibility index (Phi) is 24.5. The number of fused-ring (bicyclic) bond motifs is 16. The normalized spacial score (nSPS) is 36.4. The van der Waals surface area contributed by atoms with Gasteiger partial charge in [-0.05, 0) is 397 Å². The molecule has 9 saturated carbocycles. The minimum Gasteiger partial charge on any atom is -0.0654 e. The average molecular weight is 1390 g/mol. The molecule has 5 aromatic rings. The van der Waals surface area contributed by atoms with E-state index in [0.29, 0.717) is 0 Å². The number of aryl methyl sites for hydroxylation is 5. The van der Waals surface area contributed by atoms with Crippen LogP contribution in [-0.4, -0.2) is 0 Å². The molecule has 0 nitrogen and oxygen atoms in total. The topological polar surface area (TPSA) is 0 Å². The van der Waals surface area contributed by atoms with Gasteiger partial charge in [-0.1, -0.05) is 241 Å². The second-order valence-corrected chi connectivity index (χ2v) is 39.8. The first-order valence-electron chi connectivity index (χ1n) is 46.1. The fourth-order valence-electron chi connectivity index (χ4n) is 30.3. The quantitative estimate of drug-likeness (QED) is 0.159. The van der Waals surface area contributed by atoms with Crippen LogP contribution in [0.1, 0.15) is 383 Å². The van der Waals surface area contributed by atoms with Gasteiger partial charge in [0.05, 0.1) is 0 Å². The van der Waals surface area contributed by atoms with Gasteiger partial charge in [0.2, 0.25) is 0 Å². The first-order chi connectivity index (χ1) is 49.8. The van der Waals surface area contributed by atoms with Gasteiger partial charge in [0, 0.05) is 0 Å². The molecule has 0 aromatic heterocycles. The largest absolute Gasteiger partial charge is 0.0654 e. The Morgan fingerprint density at radius 3 is 1.12 bits per heavy atom. The molecule has 0 N–H and O–H groups in total. The SMILES string of the molecule is CC1C2C(CC3CCCC[C@@H]3C2C)C2C[C@H]3CCCC[C@H]3C(C)C12.CCCC(C)CCC.CCc1cc2ccc3c(c2c(C)c1C)C(C)[C@@H]1CCCC[C@@H]1C3.CCc1ccc2cc3c(c(C)c2c1C)C(C)[C@@H]1CCCC[C@@H]1C3.Cc1c2c(cc3c1[C@@H](C)[C@H]1CCCC[C@H]1C3)C[C@H]1CCCC[C@H]1C2C. The molecule has 103 heavy (non-hydrogen) atoms. The molecule has 0 saturated heterocycles. The molecule has 13 aliphatic rings. The van der Waals surface area contributed by atoms with Gasteiger partial charge in [-0.3, -0.25) is 0 Å². The monoisotopic (exact) mass is 1390 g/mol.